The van der Waals surface area contributed by atoms with Gasteiger partial charge in [0.2, 0.25) is 5.91 Å². The Hall–Kier alpha value is -2.76. The Kier molecular flexibility index (Phi) is 2.90. The molecular weight excluding hydrogens is 258 g/mol. The Bertz CT molecular complexity index is 713. The number of hydrogen-bond donors (Lipinski definition) is 2. The van der Waals surface area contributed by atoms with Crippen molar-refractivity contribution in [2.75, 3.05) is 5.32 Å². The monoisotopic (exact) mass is 269 g/mol. The highest BCUT2D eigenvalue weighted by atomic mass is 16.4. The minimum atomic E-state index is -0.931. The first-order valence-corrected chi connectivity index (χ1v) is 6.07. The van der Waals surface area contributed by atoms with Gasteiger partial charge >= 0.3 is 5.97 Å². The second-order valence-electron chi connectivity index (χ2n) is 4.56. The lowest BCUT2D eigenvalue weighted by Crippen LogP contribution is -2.04. The van der Waals surface area contributed by atoms with Crippen molar-refractivity contribution in [3.8, 4) is 11.3 Å². The largest absolute Gasteiger partial charge is 0.481 e. The van der Waals surface area contributed by atoms with Crippen LogP contribution in [0.1, 0.15) is 11.1 Å². The van der Waals surface area contributed by atoms with E-state index in [2.05, 4.69) is 15.3 Å². The summed E-state index contributed by atoms with van der Waals surface area (Å²) in [6.07, 6.45) is 3.09. The van der Waals surface area contributed by atoms with Crippen molar-refractivity contribution >= 4 is 17.6 Å². The van der Waals surface area contributed by atoms with Crippen molar-refractivity contribution < 1.29 is 14.7 Å². The van der Waals surface area contributed by atoms with Gasteiger partial charge in [-0.1, -0.05) is 6.07 Å². The van der Waals surface area contributed by atoms with E-state index >= 15 is 0 Å². The van der Waals surface area contributed by atoms with Crippen LogP contribution in [0.5, 0.6) is 0 Å². The molecule has 1 aliphatic heterocycles. The van der Waals surface area contributed by atoms with Crippen LogP contribution in [0.25, 0.3) is 11.3 Å². The first kappa shape index (κ1) is 12.3. The Morgan fingerprint density at radius 2 is 2.25 bits per heavy atom. The fourth-order valence-electron chi connectivity index (χ4n) is 2.29. The van der Waals surface area contributed by atoms with Gasteiger partial charge in [0, 0.05) is 23.0 Å². The van der Waals surface area contributed by atoms with Gasteiger partial charge in [-0.25, -0.2) is 9.97 Å². The molecule has 0 atom stereocenters. The Balaban J connectivity index is 2.04. The number of carbonyl (C=O) groups excluding carboxylic acids is 1. The zero-order valence-corrected chi connectivity index (χ0v) is 10.5. The number of fused-ring (bicyclic) bond motifs is 1. The van der Waals surface area contributed by atoms with E-state index in [0.717, 1.165) is 16.8 Å². The maximum atomic E-state index is 11.3. The number of rotatable bonds is 3. The van der Waals surface area contributed by atoms with Crippen molar-refractivity contribution in [3.05, 3.63) is 41.9 Å². The summed E-state index contributed by atoms with van der Waals surface area (Å²) in [5.74, 6) is -0.968. The van der Waals surface area contributed by atoms with E-state index in [1.165, 1.54) is 12.5 Å². The molecule has 20 heavy (non-hydrogen) atoms. The topological polar surface area (TPSA) is 92.2 Å². The Morgan fingerprint density at radius 3 is 3.05 bits per heavy atom. The summed E-state index contributed by atoms with van der Waals surface area (Å²) in [6, 6.07) is 5.49. The number of aliphatic carboxylic acids is 1. The molecule has 0 unspecified atom stereocenters. The summed E-state index contributed by atoms with van der Waals surface area (Å²) in [5.41, 5.74) is 3.63. The first-order valence-electron chi connectivity index (χ1n) is 6.07. The average molecular weight is 269 g/mol. The van der Waals surface area contributed by atoms with Crippen LogP contribution in [0, 0.1) is 0 Å². The van der Waals surface area contributed by atoms with Crippen molar-refractivity contribution in [1.29, 1.82) is 0 Å². The van der Waals surface area contributed by atoms with Gasteiger partial charge in [-0.15, -0.1) is 0 Å². The second kappa shape index (κ2) is 4.73. The van der Waals surface area contributed by atoms with Crippen molar-refractivity contribution in [2.45, 2.75) is 12.8 Å². The fourth-order valence-corrected chi connectivity index (χ4v) is 2.29. The maximum Gasteiger partial charge on any atom is 0.307 e. The number of carboxylic acids is 1. The zero-order chi connectivity index (χ0) is 14.1. The maximum absolute atomic E-state index is 11.3. The molecule has 6 heteroatoms. The van der Waals surface area contributed by atoms with E-state index in [-0.39, 0.29) is 12.3 Å². The first-order chi connectivity index (χ1) is 9.63. The number of anilines is 1. The standard InChI is InChI=1S/C14H11N3O3/c18-12-4-9-3-8(1-2-11(9)17-12)14-10(5-13(19)20)6-15-7-16-14/h1-3,6-7H,4-5H2,(H,17,18)(H,19,20). The predicted molar refractivity (Wildman–Crippen MR) is 71.1 cm³/mol. The smallest absolute Gasteiger partial charge is 0.307 e. The van der Waals surface area contributed by atoms with Gasteiger partial charge in [-0.2, -0.15) is 0 Å². The molecule has 0 saturated heterocycles. The van der Waals surface area contributed by atoms with Crippen molar-refractivity contribution in [2.24, 2.45) is 0 Å². The van der Waals surface area contributed by atoms with Gasteiger partial charge in [0.15, 0.2) is 0 Å². The van der Waals surface area contributed by atoms with Crippen molar-refractivity contribution in [3.63, 3.8) is 0 Å². The SMILES string of the molecule is O=C(O)Cc1cncnc1-c1ccc2c(c1)CC(=O)N2. The molecule has 3 rings (SSSR count). The van der Waals surface area contributed by atoms with E-state index in [1.54, 1.807) is 0 Å². The summed E-state index contributed by atoms with van der Waals surface area (Å²) in [5, 5.41) is 11.7. The van der Waals surface area contributed by atoms with Gasteiger partial charge in [-0.3, -0.25) is 9.59 Å². The molecule has 2 heterocycles. The highest BCUT2D eigenvalue weighted by molar-refractivity contribution is 5.99. The van der Waals surface area contributed by atoms with Crippen LogP contribution in [0.15, 0.2) is 30.7 Å². The molecule has 2 aromatic rings. The molecule has 2 N–H and O–H groups in total. The van der Waals surface area contributed by atoms with Gasteiger partial charge < -0.3 is 10.4 Å². The van der Waals surface area contributed by atoms with Crippen LogP contribution in [0.3, 0.4) is 0 Å². The summed E-state index contributed by atoms with van der Waals surface area (Å²) < 4.78 is 0. The Morgan fingerprint density at radius 1 is 1.40 bits per heavy atom. The van der Waals surface area contributed by atoms with Crippen LogP contribution in [-0.2, 0) is 22.4 Å². The molecule has 0 bridgehead atoms. The van der Waals surface area contributed by atoms with Crippen LogP contribution in [0.2, 0.25) is 0 Å². The number of nitrogens with zero attached hydrogens (tertiary/aromatic N) is 2. The highest BCUT2D eigenvalue weighted by Crippen LogP contribution is 2.29. The van der Waals surface area contributed by atoms with Gasteiger partial charge in [0.05, 0.1) is 18.5 Å². The van der Waals surface area contributed by atoms with Crippen LogP contribution < -0.4 is 5.32 Å². The quantitative estimate of drug-likeness (QED) is 0.875. The van der Waals surface area contributed by atoms with E-state index in [1.807, 2.05) is 18.2 Å². The third kappa shape index (κ3) is 2.23. The van der Waals surface area contributed by atoms with Crippen LogP contribution in [0.4, 0.5) is 5.69 Å². The lowest BCUT2D eigenvalue weighted by Gasteiger charge is -2.07. The molecule has 1 aromatic carbocycles. The molecule has 100 valence electrons. The van der Waals surface area contributed by atoms with Gasteiger partial charge in [0.25, 0.3) is 0 Å². The molecule has 1 amide bonds. The number of nitrogens with one attached hydrogen (secondary N) is 1. The minimum Gasteiger partial charge on any atom is -0.481 e. The number of hydrogen-bond acceptors (Lipinski definition) is 4. The molecule has 1 aliphatic rings. The van der Waals surface area contributed by atoms with Gasteiger partial charge in [-0.05, 0) is 17.7 Å². The van der Waals surface area contributed by atoms with E-state index in [9.17, 15) is 9.59 Å². The summed E-state index contributed by atoms with van der Waals surface area (Å²) in [4.78, 5) is 30.3. The molecule has 0 aliphatic carbocycles. The lowest BCUT2D eigenvalue weighted by molar-refractivity contribution is -0.136. The molecular formula is C14H11N3O3. The van der Waals surface area contributed by atoms with Crippen molar-refractivity contribution in [1.82, 2.24) is 9.97 Å². The van der Waals surface area contributed by atoms with E-state index in [0.29, 0.717) is 17.7 Å². The average Bonchev–Trinajstić information content (AvgIpc) is 2.77. The third-order valence-corrected chi connectivity index (χ3v) is 3.13. The van der Waals surface area contributed by atoms with Crippen LogP contribution >= 0.6 is 0 Å². The molecule has 0 saturated carbocycles. The van der Waals surface area contributed by atoms with E-state index in [4.69, 9.17) is 5.11 Å². The number of amides is 1. The van der Waals surface area contributed by atoms with E-state index < -0.39 is 5.97 Å². The van der Waals surface area contributed by atoms with Crippen LogP contribution in [-0.4, -0.2) is 27.0 Å². The lowest BCUT2D eigenvalue weighted by atomic mass is 10.0. The fraction of sp³-hybridized carbons (Fsp3) is 0.143. The summed E-state index contributed by atoms with van der Waals surface area (Å²) in [6.45, 7) is 0. The number of aromatic nitrogens is 2. The molecule has 0 spiro atoms. The normalized spacial score (nSPS) is 12.9. The molecule has 6 nitrogen and oxygen atoms in total. The summed E-state index contributed by atoms with van der Waals surface area (Å²) in [7, 11) is 0. The summed E-state index contributed by atoms with van der Waals surface area (Å²) >= 11 is 0. The van der Waals surface area contributed by atoms with Gasteiger partial charge in [0.1, 0.15) is 6.33 Å². The minimum absolute atomic E-state index is 0.0365. The number of carbonyl (C=O) groups is 2. The molecule has 0 radical (unpaired) electrons. The third-order valence-electron chi connectivity index (χ3n) is 3.13. The molecule has 1 aromatic heterocycles. The second-order valence-corrected chi connectivity index (χ2v) is 4.56. The predicted octanol–water partition coefficient (Wildman–Crippen LogP) is 1.27. The number of carboxylic acid groups (broad SMARTS) is 1. The Labute approximate surface area is 114 Å². The highest BCUT2D eigenvalue weighted by Gasteiger charge is 2.19. The molecule has 0 fully saturated rings. The zero-order valence-electron chi connectivity index (χ0n) is 10.5. The number of benzene rings is 1.